The van der Waals surface area contributed by atoms with Crippen molar-refractivity contribution < 1.29 is 28.2 Å². The van der Waals surface area contributed by atoms with E-state index in [1.165, 1.54) is 6.26 Å². The van der Waals surface area contributed by atoms with Crippen molar-refractivity contribution in [1.29, 1.82) is 0 Å². The molecular formula is C24H19NO6. The minimum Gasteiger partial charge on any atom is -0.490 e. The van der Waals surface area contributed by atoms with E-state index in [1.807, 2.05) is 19.9 Å². The predicted molar refractivity (Wildman–Crippen MR) is 113 cm³/mol. The Morgan fingerprint density at radius 1 is 1.10 bits per heavy atom. The standard InChI is InChI=1S/C24H19NO6/c1-3-28-21-14-16(13-18-24(27)31-22(25-18)20-8-5-11-29-20)9-10-19(21)30-23(26)17-7-4-6-15(2)12-17/h4-14H,3H2,1-2H3/b18-13+. The highest BCUT2D eigenvalue weighted by Gasteiger charge is 2.26. The van der Waals surface area contributed by atoms with Gasteiger partial charge in [-0.2, -0.15) is 0 Å². The Kier molecular flexibility index (Phi) is 5.66. The van der Waals surface area contributed by atoms with Crippen molar-refractivity contribution in [3.63, 3.8) is 0 Å². The lowest BCUT2D eigenvalue weighted by Gasteiger charge is -2.11. The molecule has 2 heterocycles. The molecule has 1 aliphatic heterocycles. The van der Waals surface area contributed by atoms with Gasteiger partial charge in [-0.25, -0.2) is 14.6 Å². The maximum atomic E-state index is 12.5. The van der Waals surface area contributed by atoms with Crippen LogP contribution in [-0.4, -0.2) is 24.4 Å². The third kappa shape index (κ3) is 4.56. The van der Waals surface area contributed by atoms with Gasteiger partial charge in [0.25, 0.3) is 5.90 Å². The number of hydrogen-bond acceptors (Lipinski definition) is 7. The van der Waals surface area contributed by atoms with E-state index in [2.05, 4.69) is 4.99 Å². The molecule has 0 unspecified atom stereocenters. The Morgan fingerprint density at radius 2 is 1.97 bits per heavy atom. The predicted octanol–water partition coefficient (Wildman–Crippen LogP) is 4.55. The molecule has 0 atom stereocenters. The summed E-state index contributed by atoms with van der Waals surface area (Å²) in [4.78, 5) is 28.8. The van der Waals surface area contributed by atoms with Gasteiger partial charge >= 0.3 is 11.9 Å². The van der Waals surface area contributed by atoms with Gasteiger partial charge in [0.2, 0.25) is 0 Å². The molecule has 0 bridgehead atoms. The number of aliphatic imine (C=N–C) groups is 1. The van der Waals surface area contributed by atoms with Gasteiger partial charge in [-0.1, -0.05) is 23.8 Å². The van der Waals surface area contributed by atoms with Crippen LogP contribution in [-0.2, 0) is 9.53 Å². The lowest BCUT2D eigenvalue weighted by atomic mass is 10.1. The number of carbonyl (C=O) groups excluding carboxylic acids is 2. The summed E-state index contributed by atoms with van der Waals surface area (Å²) in [7, 11) is 0. The summed E-state index contributed by atoms with van der Waals surface area (Å²) < 4.78 is 21.5. The molecule has 156 valence electrons. The van der Waals surface area contributed by atoms with Crippen LogP contribution in [0.1, 0.15) is 34.2 Å². The molecule has 3 aromatic rings. The summed E-state index contributed by atoms with van der Waals surface area (Å²) in [5, 5.41) is 0. The first-order valence-corrected chi connectivity index (χ1v) is 9.65. The van der Waals surface area contributed by atoms with Crippen LogP contribution in [0.25, 0.3) is 6.08 Å². The third-order valence-corrected chi connectivity index (χ3v) is 4.38. The number of ether oxygens (including phenoxy) is 3. The molecule has 0 N–H and O–H groups in total. The smallest absolute Gasteiger partial charge is 0.363 e. The fraction of sp³-hybridized carbons (Fsp3) is 0.125. The number of hydrogen-bond donors (Lipinski definition) is 0. The Hall–Kier alpha value is -4.13. The molecule has 7 heteroatoms. The van der Waals surface area contributed by atoms with Crippen molar-refractivity contribution >= 4 is 23.9 Å². The van der Waals surface area contributed by atoms with Gasteiger partial charge in [0.1, 0.15) is 0 Å². The zero-order chi connectivity index (χ0) is 21.8. The van der Waals surface area contributed by atoms with E-state index in [0.29, 0.717) is 29.2 Å². The van der Waals surface area contributed by atoms with Crippen LogP contribution in [0.4, 0.5) is 0 Å². The summed E-state index contributed by atoms with van der Waals surface area (Å²) in [6.07, 6.45) is 3.03. The Balaban J connectivity index is 1.59. The van der Waals surface area contributed by atoms with Gasteiger partial charge in [0.05, 0.1) is 18.4 Å². The Morgan fingerprint density at radius 3 is 2.71 bits per heavy atom. The quantitative estimate of drug-likeness (QED) is 0.332. The second kappa shape index (κ2) is 8.71. The lowest BCUT2D eigenvalue weighted by Crippen LogP contribution is -2.10. The normalized spacial score (nSPS) is 14.3. The highest BCUT2D eigenvalue weighted by atomic mass is 16.6. The van der Waals surface area contributed by atoms with E-state index >= 15 is 0 Å². The molecular weight excluding hydrogens is 398 g/mol. The topological polar surface area (TPSA) is 87.3 Å². The maximum Gasteiger partial charge on any atom is 0.363 e. The van der Waals surface area contributed by atoms with Crippen molar-refractivity contribution in [2.75, 3.05) is 6.61 Å². The first-order valence-electron chi connectivity index (χ1n) is 9.65. The van der Waals surface area contributed by atoms with Gasteiger partial charge < -0.3 is 18.6 Å². The number of benzene rings is 2. The molecule has 0 aliphatic carbocycles. The minimum absolute atomic E-state index is 0.106. The summed E-state index contributed by atoms with van der Waals surface area (Å²) in [5.74, 6) is 0.0611. The summed E-state index contributed by atoms with van der Waals surface area (Å²) in [6, 6.07) is 15.4. The highest BCUT2D eigenvalue weighted by molar-refractivity contribution is 6.11. The number of cyclic esters (lactones) is 1. The maximum absolute atomic E-state index is 12.5. The molecule has 1 aliphatic rings. The van der Waals surface area contributed by atoms with Crippen molar-refractivity contribution in [1.82, 2.24) is 0 Å². The van der Waals surface area contributed by atoms with Crippen molar-refractivity contribution in [2.45, 2.75) is 13.8 Å². The van der Waals surface area contributed by atoms with Crippen molar-refractivity contribution in [2.24, 2.45) is 4.99 Å². The van der Waals surface area contributed by atoms with E-state index in [4.69, 9.17) is 18.6 Å². The van der Waals surface area contributed by atoms with Crippen molar-refractivity contribution in [3.05, 3.63) is 89.0 Å². The summed E-state index contributed by atoms with van der Waals surface area (Å²) in [5.41, 5.74) is 2.16. The molecule has 0 spiro atoms. The van der Waals surface area contributed by atoms with Gasteiger partial charge in [0.15, 0.2) is 23.0 Å². The largest absolute Gasteiger partial charge is 0.490 e. The Labute approximate surface area is 178 Å². The molecule has 4 rings (SSSR count). The van der Waals surface area contributed by atoms with E-state index in [1.54, 1.807) is 54.6 Å². The zero-order valence-electron chi connectivity index (χ0n) is 17.0. The number of carbonyl (C=O) groups is 2. The molecule has 0 amide bonds. The van der Waals surface area contributed by atoms with Gasteiger partial charge in [-0.3, -0.25) is 0 Å². The second-order valence-corrected chi connectivity index (χ2v) is 6.71. The zero-order valence-corrected chi connectivity index (χ0v) is 17.0. The van der Waals surface area contributed by atoms with Crippen LogP contribution in [0, 0.1) is 6.92 Å². The molecule has 0 saturated carbocycles. The molecule has 0 fully saturated rings. The number of furan rings is 1. The average molecular weight is 417 g/mol. The first-order chi connectivity index (χ1) is 15.0. The highest BCUT2D eigenvalue weighted by Crippen LogP contribution is 2.31. The number of esters is 2. The fourth-order valence-electron chi connectivity index (χ4n) is 2.97. The number of rotatable bonds is 6. The Bertz CT molecular complexity index is 1190. The fourth-order valence-corrected chi connectivity index (χ4v) is 2.97. The van der Waals surface area contributed by atoms with Crippen LogP contribution in [0.5, 0.6) is 11.5 Å². The lowest BCUT2D eigenvalue weighted by molar-refractivity contribution is -0.130. The van der Waals surface area contributed by atoms with E-state index in [9.17, 15) is 9.59 Å². The second-order valence-electron chi connectivity index (χ2n) is 6.71. The molecule has 31 heavy (non-hydrogen) atoms. The van der Waals surface area contributed by atoms with Crippen LogP contribution in [0.3, 0.4) is 0 Å². The molecule has 2 aromatic carbocycles. The third-order valence-electron chi connectivity index (χ3n) is 4.38. The summed E-state index contributed by atoms with van der Waals surface area (Å²) in [6.45, 7) is 4.10. The minimum atomic E-state index is -0.584. The van der Waals surface area contributed by atoms with E-state index < -0.39 is 11.9 Å². The average Bonchev–Trinajstić information content (AvgIpc) is 3.40. The van der Waals surface area contributed by atoms with Gasteiger partial charge in [-0.15, -0.1) is 0 Å². The van der Waals surface area contributed by atoms with Crippen LogP contribution in [0.15, 0.2) is 76.0 Å². The molecule has 1 aromatic heterocycles. The SMILES string of the molecule is CCOc1cc(/C=C2/N=C(c3ccco3)OC2=O)ccc1OC(=O)c1cccc(C)c1. The van der Waals surface area contributed by atoms with Crippen LogP contribution >= 0.6 is 0 Å². The van der Waals surface area contributed by atoms with E-state index in [-0.39, 0.29) is 17.3 Å². The molecule has 0 radical (unpaired) electrons. The molecule has 0 saturated heterocycles. The van der Waals surface area contributed by atoms with Crippen LogP contribution < -0.4 is 9.47 Å². The summed E-state index contributed by atoms with van der Waals surface area (Å²) >= 11 is 0. The van der Waals surface area contributed by atoms with Gasteiger partial charge in [0, 0.05) is 0 Å². The first kappa shape index (κ1) is 20.2. The number of nitrogens with zero attached hydrogens (tertiary/aromatic N) is 1. The van der Waals surface area contributed by atoms with Gasteiger partial charge in [-0.05, 0) is 61.9 Å². The van der Waals surface area contributed by atoms with Crippen molar-refractivity contribution in [3.8, 4) is 11.5 Å². The monoisotopic (exact) mass is 417 g/mol. The number of aryl methyl sites for hydroxylation is 1. The van der Waals surface area contributed by atoms with E-state index in [0.717, 1.165) is 5.56 Å². The molecule has 7 nitrogen and oxygen atoms in total. The van der Waals surface area contributed by atoms with Crippen LogP contribution in [0.2, 0.25) is 0 Å².